The number of rotatable bonds is 6. The summed E-state index contributed by atoms with van der Waals surface area (Å²) < 4.78 is 19.7. The van der Waals surface area contributed by atoms with Gasteiger partial charge in [-0.1, -0.05) is 13.8 Å². The van der Waals surface area contributed by atoms with Gasteiger partial charge in [0, 0.05) is 11.8 Å². The highest BCUT2D eigenvalue weighted by molar-refractivity contribution is 5.94. The largest absolute Gasteiger partial charge is 0.487 e. The van der Waals surface area contributed by atoms with Crippen molar-refractivity contribution in [3.05, 3.63) is 24.0 Å². The zero-order chi connectivity index (χ0) is 16.1. The van der Waals surface area contributed by atoms with Crippen LogP contribution in [0.15, 0.2) is 18.2 Å². The lowest BCUT2D eigenvalue weighted by molar-refractivity contribution is -0.117. The molecule has 0 heterocycles. The molecule has 5 heteroatoms. The molecule has 0 aromatic heterocycles. The number of carbonyl (C=O) groups is 1. The van der Waals surface area contributed by atoms with E-state index in [1.54, 1.807) is 12.1 Å². The van der Waals surface area contributed by atoms with Crippen molar-refractivity contribution in [3.63, 3.8) is 0 Å². The Morgan fingerprint density at radius 3 is 2.68 bits per heavy atom. The van der Waals surface area contributed by atoms with Gasteiger partial charge in [0.05, 0.1) is 12.1 Å². The van der Waals surface area contributed by atoms with Crippen molar-refractivity contribution < 1.29 is 13.9 Å². The average Bonchev–Trinajstić information content (AvgIpc) is 2.94. The maximum atomic E-state index is 14.1. The minimum Gasteiger partial charge on any atom is -0.487 e. The van der Waals surface area contributed by atoms with Crippen LogP contribution < -0.4 is 15.8 Å². The molecule has 3 N–H and O–H groups in total. The van der Waals surface area contributed by atoms with Crippen LogP contribution in [0.1, 0.15) is 46.0 Å². The first kappa shape index (κ1) is 16.7. The van der Waals surface area contributed by atoms with Gasteiger partial charge in [-0.2, -0.15) is 0 Å². The molecule has 4 nitrogen and oxygen atoms in total. The number of hydrogen-bond donors (Lipinski definition) is 2. The van der Waals surface area contributed by atoms with Crippen LogP contribution in [-0.4, -0.2) is 18.1 Å². The molecule has 1 aromatic rings. The normalized spacial score (nSPS) is 16.8. The van der Waals surface area contributed by atoms with Gasteiger partial charge < -0.3 is 15.8 Å². The van der Waals surface area contributed by atoms with Crippen molar-refractivity contribution in [2.75, 3.05) is 5.32 Å². The van der Waals surface area contributed by atoms with Gasteiger partial charge in [-0.05, 0) is 50.2 Å². The summed E-state index contributed by atoms with van der Waals surface area (Å²) in [6.45, 7) is 4.00. The first-order chi connectivity index (χ1) is 10.5. The van der Waals surface area contributed by atoms with Crippen molar-refractivity contribution in [1.82, 2.24) is 0 Å². The molecule has 122 valence electrons. The fourth-order valence-electron chi connectivity index (χ4n) is 2.71. The number of carbonyl (C=O) groups excluding carboxylic acids is 1. The Labute approximate surface area is 131 Å². The summed E-state index contributed by atoms with van der Waals surface area (Å²) in [4.78, 5) is 11.9. The van der Waals surface area contributed by atoms with Crippen molar-refractivity contribution >= 4 is 11.6 Å². The number of halogens is 1. The smallest absolute Gasteiger partial charge is 0.241 e. The van der Waals surface area contributed by atoms with Gasteiger partial charge >= 0.3 is 0 Å². The zero-order valence-corrected chi connectivity index (χ0v) is 13.3. The number of amides is 1. The Kier molecular flexibility index (Phi) is 5.77. The first-order valence-corrected chi connectivity index (χ1v) is 7.98. The molecule has 1 aliphatic rings. The third-order valence-corrected chi connectivity index (χ3v) is 3.86. The quantitative estimate of drug-likeness (QED) is 0.846. The van der Waals surface area contributed by atoms with Gasteiger partial charge in [-0.3, -0.25) is 4.79 Å². The molecule has 0 spiro atoms. The predicted molar refractivity (Wildman–Crippen MR) is 85.3 cm³/mol. The average molecular weight is 308 g/mol. The van der Waals surface area contributed by atoms with Crippen molar-refractivity contribution in [2.24, 2.45) is 11.7 Å². The second-order valence-corrected chi connectivity index (χ2v) is 6.39. The lowest BCUT2D eigenvalue weighted by atomic mass is 10.0. The molecule has 1 atom stereocenters. The Morgan fingerprint density at radius 2 is 2.09 bits per heavy atom. The van der Waals surface area contributed by atoms with E-state index in [0.29, 0.717) is 18.0 Å². The monoisotopic (exact) mass is 308 g/mol. The van der Waals surface area contributed by atoms with Crippen LogP contribution in [0.25, 0.3) is 0 Å². The summed E-state index contributed by atoms with van der Waals surface area (Å²) in [6.07, 6.45) is 4.91. The van der Waals surface area contributed by atoms with Crippen molar-refractivity contribution in [3.8, 4) is 5.75 Å². The second-order valence-electron chi connectivity index (χ2n) is 6.39. The lowest BCUT2D eigenvalue weighted by Gasteiger charge is -2.16. The highest BCUT2D eigenvalue weighted by Crippen LogP contribution is 2.27. The minimum atomic E-state index is -0.586. The van der Waals surface area contributed by atoms with Gasteiger partial charge in [-0.25, -0.2) is 4.39 Å². The number of benzene rings is 1. The van der Waals surface area contributed by atoms with Gasteiger partial charge in [-0.15, -0.1) is 0 Å². The number of hydrogen-bond acceptors (Lipinski definition) is 3. The van der Waals surface area contributed by atoms with Gasteiger partial charge in [0.25, 0.3) is 0 Å². The van der Waals surface area contributed by atoms with E-state index in [1.165, 1.54) is 6.07 Å². The Morgan fingerprint density at radius 1 is 1.41 bits per heavy atom. The maximum Gasteiger partial charge on any atom is 0.241 e. The Hall–Kier alpha value is -1.62. The number of ether oxygens (including phenoxy) is 1. The molecule has 22 heavy (non-hydrogen) atoms. The molecule has 1 aliphatic carbocycles. The number of nitrogens with one attached hydrogen (secondary N) is 1. The fourth-order valence-corrected chi connectivity index (χ4v) is 2.71. The van der Waals surface area contributed by atoms with Crippen LogP contribution >= 0.6 is 0 Å². The Bertz CT molecular complexity index is 513. The molecule has 0 aliphatic heterocycles. The van der Waals surface area contributed by atoms with E-state index in [1.807, 2.05) is 13.8 Å². The summed E-state index contributed by atoms with van der Waals surface area (Å²) in [5.41, 5.74) is 6.22. The van der Waals surface area contributed by atoms with Crippen LogP contribution in [0.5, 0.6) is 5.75 Å². The summed E-state index contributed by atoms with van der Waals surface area (Å²) >= 11 is 0. The van der Waals surface area contributed by atoms with E-state index in [9.17, 15) is 9.18 Å². The molecule has 0 bridgehead atoms. The van der Waals surface area contributed by atoms with Crippen LogP contribution in [0.4, 0.5) is 10.1 Å². The molecule has 0 radical (unpaired) electrons. The summed E-state index contributed by atoms with van der Waals surface area (Å²) in [7, 11) is 0. The first-order valence-electron chi connectivity index (χ1n) is 7.98. The third kappa shape index (κ3) is 4.70. The van der Waals surface area contributed by atoms with E-state index >= 15 is 0 Å². The summed E-state index contributed by atoms with van der Waals surface area (Å²) in [6, 6.07) is 3.91. The molecule has 0 unspecified atom stereocenters. The standard InChI is InChI=1S/C17H25FN2O2/c1-11(2)9-15(19)17(21)20-12-7-8-16(14(18)10-12)22-13-5-3-4-6-13/h7-8,10-11,13,15H,3-6,9,19H2,1-2H3,(H,20,21)/t15-/m0/s1. The highest BCUT2D eigenvalue weighted by atomic mass is 19.1. The van der Waals surface area contributed by atoms with E-state index in [-0.39, 0.29) is 17.8 Å². The predicted octanol–water partition coefficient (Wildman–Crippen LogP) is 3.46. The number of nitrogens with two attached hydrogens (primary N) is 1. The topological polar surface area (TPSA) is 64.4 Å². The van der Waals surface area contributed by atoms with Gasteiger partial charge in [0.15, 0.2) is 11.6 Å². The summed E-state index contributed by atoms with van der Waals surface area (Å²) in [5, 5.41) is 2.65. The van der Waals surface area contributed by atoms with E-state index < -0.39 is 11.9 Å². The highest BCUT2D eigenvalue weighted by Gasteiger charge is 2.19. The fraction of sp³-hybridized carbons (Fsp3) is 0.588. The molecule has 1 amide bonds. The maximum absolute atomic E-state index is 14.1. The molecule has 1 aromatic carbocycles. The molecular weight excluding hydrogens is 283 g/mol. The van der Waals surface area contributed by atoms with Crippen LogP contribution in [0.2, 0.25) is 0 Å². The molecule has 2 rings (SSSR count). The van der Waals surface area contributed by atoms with Crippen molar-refractivity contribution in [2.45, 2.75) is 58.1 Å². The van der Waals surface area contributed by atoms with Crippen LogP contribution in [-0.2, 0) is 4.79 Å². The third-order valence-electron chi connectivity index (χ3n) is 3.86. The molecule has 0 saturated heterocycles. The van der Waals surface area contributed by atoms with Crippen LogP contribution in [0, 0.1) is 11.7 Å². The molecule has 1 saturated carbocycles. The SMILES string of the molecule is CC(C)C[C@H](N)C(=O)Nc1ccc(OC2CCCC2)c(F)c1. The lowest BCUT2D eigenvalue weighted by Crippen LogP contribution is -2.36. The minimum absolute atomic E-state index is 0.106. The van der Waals surface area contributed by atoms with Gasteiger partial charge in [0.2, 0.25) is 5.91 Å². The van der Waals surface area contributed by atoms with E-state index in [0.717, 1.165) is 25.7 Å². The van der Waals surface area contributed by atoms with Crippen molar-refractivity contribution in [1.29, 1.82) is 0 Å². The van der Waals surface area contributed by atoms with E-state index in [2.05, 4.69) is 5.32 Å². The summed E-state index contributed by atoms with van der Waals surface area (Å²) in [5.74, 6) is -0.171. The van der Waals surface area contributed by atoms with E-state index in [4.69, 9.17) is 10.5 Å². The second kappa shape index (κ2) is 7.58. The van der Waals surface area contributed by atoms with Gasteiger partial charge in [0.1, 0.15) is 0 Å². The number of anilines is 1. The zero-order valence-electron chi connectivity index (χ0n) is 13.3. The van der Waals surface area contributed by atoms with Crippen LogP contribution in [0.3, 0.4) is 0 Å². The Balaban J connectivity index is 1.95. The molecular formula is C17H25FN2O2. The molecule has 1 fully saturated rings.